The predicted molar refractivity (Wildman–Crippen MR) is 70.4 cm³/mol. The van der Waals surface area contributed by atoms with Crippen LogP contribution in [-0.4, -0.2) is 36.1 Å². The van der Waals surface area contributed by atoms with Crippen molar-refractivity contribution in [3.05, 3.63) is 24.3 Å². The number of fused-ring (bicyclic) bond motifs is 1. The second-order valence-electron chi connectivity index (χ2n) is 4.65. The Hall–Kier alpha value is -1.55. The zero-order valence-corrected chi connectivity index (χ0v) is 10.1. The Morgan fingerprint density at radius 1 is 1.41 bits per heavy atom. The van der Waals surface area contributed by atoms with Crippen molar-refractivity contribution in [2.24, 2.45) is 0 Å². The summed E-state index contributed by atoms with van der Waals surface area (Å²) >= 11 is 0. The minimum Gasteiger partial charge on any atom is -0.341 e. The molecular formula is C13H18N4. The molecule has 0 aliphatic carbocycles. The molecule has 0 amide bonds. The normalized spacial score (nSPS) is 21.0. The fourth-order valence-corrected chi connectivity index (χ4v) is 2.49. The Labute approximate surface area is 101 Å². The van der Waals surface area contributed by atoms with Crippen LogP contribution in [-0.2, 0) is 0 Å². The number of likely N-dealkylation sites (N-methyl/N-ethyl adjacent to an activating group) is 1. The van der Waals surface area contributed by atoms with Gasteiger partial charge in [0.25, 0.3) is 0 Å². The standard InChI is InChI=1S/C13H18N4/c1-14-10-5-4-8-17(9-10)13-15-11-6-2-3-7-12(11)16-13/h2-3,6-7,10,14H,4-5,8-9H2,1H3,(H,15,16)/t10-/m0/s1. The van der Waals surface area contributed by atoms with Gasteiger partial charge in [-0.3, -0.25) is 0 Å². The molecule has 1 saturated heterocycles. The zero-order valence-electron chi connectivity index (χ0n) is 10.1. The molecule has 2 heterocycles. The van der Waals surface area contributed by atoms with Gasteiger partial charge in [-0.15, -0.1) is 0 Å². The van der Waals surface area contributed by atoms with E-state index in [1.807, 2.05) is 19.2 Å². The summed E-state index contributed by atoms with van der Waals surface area (Å²) in [6.07, 6.45) is 2.48. The Kier molecular flexibility index (Phi) is 2.73. The minimum atomic E-state index is 0.581. The second-order valence-corrected chi connectivity index (χ2v) is 4.65. The van der Waals surface area contributed by atoms with Gasteiger partial charge in [0.2, 0.25) is 5.95 Å². The van der Waals surface area contributed by atoms with Crippen LogP contribution in [0.25, 0.3) is 11.0 Å². The lowest BCUT2D eigenvalue weighted by molar-refractivity contribution is 0.446. The maximum atomic E-state index is 4.65. The molecule has 17 heavy (non-hydrogen) atoms. The van der Waals surface area contributed by atoms with E-state index in [-0.39, 0.29) is 0 Å². The molecule has 2 N–H and O–H groups in total. The van der Waals surface area contributed by atoms with Gasteiger partial charge in [-0.25, -0.2) is 4.98 Å². The lowest BCUT2D eigenvalue weighted by Gasteiger charge is -2.32. The highest BCUT2D eigenvalue weighted by Gasteiger charge is 2.20. The molecule has 1 aromatic heterocycles. The van der Waals surface area contributed by atoms with Crippen molar-refractivity contribution in [3.63, 3.8) is 0 Å². The first kappa shape index (κ1) is 10.6. The molecule has 1 aromatic carbocycles. The summed E-state index contributed by atoms with van der Waals surface area (Å²) in [6, 6.07) is 8.77. The number of hydrogen-bond acceptors (Lipinski definition) is 3. The van der Waals surface area contributed by atoms with Gasteiger partial charge in [0.05, 0.1) is 11.0 Å². The van der Waals surface area contributed by atoms with Crippen LogP contribution in [0.4, 0.5) is 5.95 Å². The number of nitrogens with one attached hydrogen (secondary N) is 2. The number of benzene rings is 1. The largest absolute Gasteiger partial charge is 0.341 e. The molecular weight excluding hydrogens is 212 g/mol. The average Bonchev–Trinajstić information content (AvgIpc) is 2.82. The summed E-state index contributed by atoms with van der Waals surface area (Å²) in [4.78, 5) is 10.4. The van der Waals surface area contributed by atoms with E-state index >= 15 is 0 Å². The fraction of sp³-hybridized carbons (Fsp3) is 0.462. The van der Waals surface area contributed by atoms with Crippen molar-refractivity contribution >= 4 is 17.0 Å². The number of imidazole rings is 1. The van der Waals surface area contributed by atoms with Crippen LogP contribution in [0.1, 0.15) is 12.8 Å². The molecule has 0 radical (unpaired) electrons. The SMILES string of the molecule is CN[C@H]1CCCN(c2nc3ccccc3[nH]2)C1. The number of hydrogen-bond donors (Lipinski definition) is 2. The van der Waals surface area contributed by atoms with Crippen LogP contribution >= 0.6 is 0 Å². The van der Waals surface area contributed by atoms with Gasteiger partial charge >= 0.3 is 0 Å². The van der Waals surface area contributed by atoms with Crippen LogP contribution in [0.15, 0.2) is 24.3 Å². The van der Waals surface area contributed by atoms with E-state index in [0.29, 0.717) is 6.04 Å². The van der Waals surface area contributed by atoms with E-state index in [1.54, 1.807) is 0 Å². The number of nitrogens with zero attached hydrogens (tertiary/aromatic N) is 2. The summed E-state index contributed by atoms with van der Waals surface area (Å²) in [5, 5.41) is 3.35. The van der Waals surface area contributed by atoms with E-state index in [1.165, 1.54) is 12.8 Å². The highest BCUT2D eigenvalue weighted by molar-refractivity contribution is 5.77. The molecule has 0 bridgehead atoms. The first-order valence-corrected chi connectivity index (χ1v) is 6.24. The van der Waals surface area contributed by atoms with Crippen LogP contribution < -0.4 is 10.2 Å². The first-order chi connectivity index (χ1) is 8.36. The molecule has 3 rings (SSSR count). The highest BCUT2D eigenvalue weighted by atomic mass is 15.3. The van der Waals surface area contributed by atoms with E-state index < -0.39 is 0 Å². The number of rotatable bonds is 2. The van der Waals surface area contributed by atoms with Crippen LogP contribution in [0.3, 0.4) is 0 Å². The van der Waals surface area contributed by atoms with Crippen molar-refractivity contribution in [1.82, 2.24) is 15.3 Å². The third kappa shape index (κ3) is 2.00. The van der Waals surface area contributed by atoms with Crippen molar-refractivity contribution in [2.45, 2.75) is 18.9 Å². The number of para-hydroxylation sites is 2. The lowest BCUT2D eigenvalue weighted by atomic mass is 10.1. The molecule has 1 fully saturated rings. The number of aromatic nitrogens is 2. The summed E-state index contributed by atoms with van der Waals surface area (Å²) in [5.41, 5.74) is 2.17. The molecule has 1 aliphatic heterocycles. The molecule has 0 unspecified atom stereocenters. The molecule has 1 atom stereocenters. The van der Waals surface area contributed by atoms with Crippen molar-refractivity contribution in [2.75, 3.05) is 25.0 Å². The van der Waals surface area contributed by atoms with E-state index in [0.717, 1.165) is 30.1 Å². The average molecular weight is 230 g/mol. The fourth-order valence-electron chi connectivity index (χ4n) is 2.49. The van der Waals surface area contributed by atoms with E-state index in [2.05, 4.69) is 32.3 Å². The molecule has 4 nitrogen and oxygen atoms in total. The van der Waals surface area contributed by atoms with Gasteiger partial charge in [-0.05, 0) is 32.0 Å². The minimum absolute atomic E-state index is 0.581. The van der Waals surface area contributed by atoms with Crippen molar-refractivity contribution < 1.29 is 0 Å². The van der Waals surface area contributed by atoms with Crippen LogP contribution in [0.2, 0.25) is 0 Å². The van der Waals surface area contributed by atoms with Crippen LogP contribution in [0, 0.1) is 0 Å². The quantitative estimate of drug-likeness (QED) is 0.826. The number of anilines is 1. The molecule has 0 saturated carbocycles. The van der Waals surface area contributed by atoms with Crippen molar-refractivity contribution in [3.8, 4) is 0 Å². The molecule has 4 heteroatoms. The van der Waals surface area contributed by atoms with Gasteiger partial charge in [0, 0.05) is 19.1 Å². The predicted octanol–water partition coefficient (Wildman–Crippen LogP) is 1.75. The molecule has 1 aliphatic rings. The summed E-state index contributed by atoms with van der Waals surface area (Å²) in [7, 11) is 2.03. The van der Waals surface area contributed by atoms with Gasteiger partial charge < -0.3 is 15.2 Å². The number of piperidine rings is 1. The smallest absolute Gasteiger partial charge is 0.203 e. The van der Waals surface area contributed by atoms with Crippen molar-refractivity contribution in [1.29, 1.82) is 0 Å². The number of aromatic amines is 1. The van der Waals surface area contributed by atoms with Gasteiger partial charge in [-0.2, -0.15) is 0 Å². The molecule has 0 spiro atoms. The Morgan fingerprint density at radius 3 is 3.12 bits per heavy atom. The van der Waals surface area contributed by atoms with Gasteiger partial charge in [0.15, 0.2) is 0 Å². The summed E-state index contributed by atoms with van der Waals surface area (Å²) < 4.78 is 0. The van der Waals surface area contributed by atoms with E-state index in [4.69, 9.17) is 0 Å². The highest BCUT2D eigenvalue weighted by Crippen LogP contribution is 2.20. The lowest BCUT2D eigenvalue weighted by Crippen LogP contribution is -2.44. The van der Waals surface area contributed by atoms with Gasteiger partial charge in [0.1, 0.15) is 0 Å². The zero-order chi connectivity index (χ0) is 11.7. The third-order valence-corrected chi connectivity index (χ3v) is 3.51. The maximum absolute atomic E-state index is 4.65. The maximum Gasteiger partial charge on any atom is 0.203 e. The topological polar surface area (TPSA) is 44.0 Å². The molecule has 90 valence electrons. The monoisotopic (exact) mass is 230 g/mol. The Balaban J connectivity index is 1.87. The Morgan fingerprint density at radius 2 is 2.29 bits per heavy atom. The summed E-state index contributed by atoms with van der Waals surface area (Å²) in [6.45, 7) is 2.13. The third-order valence-electron chi connectivity index (χ3n) is 3.51. The number of H-pyrrole nitrogens is 1. The first-order valence-electron chi connectivity index (χ1n) is 6.24. The molecule has 2 aromatic rings. The van der Waals surface area contributed by atoms with Gasteiger partial charge in [-0.1, -0.05) is 12.1 Å². The van der Waals surface area contributed by atoms with Crippen LogP contribution in [0.5, 0.6) is 0 Å². The van der Waals surface area contributed by atoms with E-state index in [9.17, 15) is 0 Å². The summed E-state index contributed by atoms with van der Waals surface area (Å²) in [5.74, 6) is 1.01. The second kappa shape index (κ2) is 4.37. The Bertz CT molecular complexity index is 472.